The third-order valence-corrected chi connectivity index (χ3v) is 8.06. The molecule has 0 fully saturated rings. The van der Waals surface area contributed by atoms with Crippen LogP contribution in [-0.4, -0.2) is 57.3 Å². The van der Waals surface area contributed by atoms with Gasteiger partial charge in [-0.15, -0.1) is 0 Å². The van der Waals surface area contributed by atoms with E-state index >= 15 is 0 Å². The Morgan fingerprint density at radius 1 is 0.581 bits per heavy atom. The zero-order chi connectivity index (χ0) is 31.8. The number of hydrogen-bond donors (Lipinski definition) is 5. The van der Waals surface area contributed by atoms with Crippen LogP contribution in [0.4, 0.5) is 0 Å². The van der Waals surface area contributed by atoms with Gasteiger partial charge in [0, 0.05) is 0 Å². The molecule has 0 rings (SSSR count). The number of unbranched alkanes of at least 4 members (excludes halogenated alkanes) is 16. The van der Waals surface area contributed by atoms with Gasteiger partial charge in [0.2, 0.25) is 5.91 Å². The first-order chi connectivity index (χ1) is 21.0. The summed E-state index contributed by atoms with van der Waals surface area (Å²) in [5.41, 5.74) is 0. The van der Waals surface area contributed by atoms with E-state index in [0.29, 0.717) is 19.3 Å². The summed E-state index contributed by atoms with van der Waals surface area (Å²) in [7, 11) is 0. The SMILES string of the molecule is CC/C=C/CC/C=C/CCCC(O)C(O)C(CO)NC(=O)C(O)CCCCCCCC/C=C\CCCCCCCCCC. The number of carbonyl (C=O) groups excluding carboxylic acids is 1. The minimum absolute atomic E-state index is 0.352. The summed E-state index contributed by atoms with van der Waals surface area (Å²) in [5, 5.41) is 43.2. The van der Waals surface area contributed by atoms with E-state index in [1.807, 2.05) is 0 Å². The second-order valence-corrected chi connectivity index (χ2v) is 12.2. The van der Waals surface area contributed by atoms with Crippen LogP contribution in [0.15, 0.2) is 36.5 Å². The van der Waals surface area contributed by atoms with E-state index < -0.39 is 36.9 Å². The fraction of sp³-hybridized carbons (Fsp3) is 0.811. The molecule has 0 heterocycles. The Kier molecular flexibility index (Phi) is 30.8. The molecule has 0 aromatic rings. The van der Waals surface area contributed by atoms with Gasteiger partial charge in [0.05, 0.1) is 18.8 Å². The van der Waals surface area contributed by atoms with Crippen LogP contribution >= 0.6 is 0 Å². The summed E-state index contributed by atoms with van der Waals surface area (Å²) < 4.78 is 0. The molecule has 0 saturated carbocycles. The van der Waals surface area contributed by atoms with Crippen molar-refractivity contribution in [1.29, 1.82) is 0 Å². The van der Waals surface area contributed by atoms with Crippen molar-refractivity contribution in [2.24, 2.45) is 0 Å². The Morgan fingerprint density at radius 3 is 1.58 bits per heavy atom. The minimum Gasteiger partial charge on any atom is -0.394 e. The molecule has 6 heteroatoms. The molecule has 0 bridgehead atoms. The van der Waals surface area contributed by atoms with Crippen LogP contribution in [-0.2, 0) is 4.79 Å². The van der Waals surface area contributed by atoms with Gasteiger partial charge in [0.15, 0.2) is 0 Å². The molecule has 0 aliphatic carbocycles. The van der Waals surface area contributed by atoms with E-state index in [1.165, 1.54) is 70.6 Å². The van der Waals surface area contributed by atoms with Gasteiger partial charge in [-0.2, -0.15) is 0 Å². The van der Waals surface area contributed by atoms with Gasteiger partial charge in [0.1, 0.15) is 12.2 Å². The molecular formula is C37H69NO5. The van der Waals surface area contributed by atoms with Crippen LogP contribution < -0.4 is 5.32 Å². The maximum absolute atomic E-state index is 12.4. The van der Waals surface area contributed by atoms with Crippen molar-refractivity contribution < 1.29 is 25.2 Å². The average Bonchev–Trinajstić information content (AvgIpc) is 3.01. The molecule has 4 atom stereocenters. The zero-order valence-corrected chi connectivity index (χ0v) is 27.9. The number of amides is 1. The molecule has 43 heavy (non-hydrogen) atoms. The summed E-state index contributed by atoms with van der Waals surface area (Å²) in [6.07, 6.45) is 34.7. The Balaban J connectivity index is 3.84. The van der Waals surface area contributed by atoms with Crippen molar-refractivity contribution in [1.82, 2.24) is 5.32 Å². The quantitative estimate of drug-likeness (QED) is 0.0403. The highest BCUT2D eigenvalue weighted by Crippen LogP contribution is 2.13. The Labute approximate surface area is 265 Å². The van der Waals surface area contributed by atoms with Gasteiger partial charge in [-0.3, -0.25) is 4.79 Å². The molecule has 0 radical (unpaired) electrons. The van der Waals surface area contributed by atoms with Crippen LogP contribution in [0.5, 0.6) is 0 Å². The van der Waals surface area contributed by atoms with Gasteiger partial charge in [0.25, 0.3) is 0 Å². The van der Waals surface area contributed by atoms with Crippen molar-refractivity contribution in [3.63, 3.8) is 0 Å². The molecule has 252 valence electrons. The monoisotopic (exact) mass is 608 g/mol. The number of aliphatic hydroxyl groups excluding tert-OH is 4. The molecule has 0 aliphatic rings. The van der Waals surface area contributed by atoms with Crippen molar-refractivity contribution in [3.8, 4) is 0 Å². The number of nitrogens with one attached hydrogen (secondary N) is 1. The van der Waals surface area contributed by atoms with Gasteiger partial charge in [-0.25, -0.2) is 0 Å². The number of rotatable bonds is 31. The van der Waals surface area contributed by atoms with Gasteiger partial charge < -0.3 is 25.7 Å². The fourth-order valence-electron chi connectivity index (χ4n) is 5.18. The lowest BCUT2D eigenvalue weighted by atomic mass is 10.00. The second-order valence-electron chi connectivity index (χ2n) is 12.2. The van der Waals surface area contributed by atoms with E-state index in [9.17, 15) is 25.2 Å². The molecule has 1 amide bonds. The van der Waals surface area contributed by atoms with Crippen LogP contribution in [0.2, 0.25) is 0 Å². The molecule has 0 spiro atoms. The average molecular weight is 608 g/mol. The molecule has 0 aliphatic heterocycles. The maximum Gasteiger partial charge on any atom is 0.249 e. The van der Waals surface area contributed by atoms with Crippen molar-refractivity contribution in [2.45, 2.75) is 186 Å². The number of aliphatic hydroxyl groups is 4. The molecule has 5 N–H and O–H groups in total. The first kappa shape index (κ1) is 41.5. The number of allylic oxidation sites excluding steroid dienone is 6. The van der Waals surface area contributed by atoms with E-state index in [2.05, 4.69) is 55.6 Å². The molecular weight excluding hydrogens is 538 g/mol. The minimum atomic E-state index is -1.29. The van der Waals surface area contributed by atoms with E-state index in [1.54, 1.807) is 0 Å². The molecule has 6 nitrogen and oxygen atoms in total. The summed E-state index contributed by atoms with van der Waals surface area (Å²) in [4.78, 5) is 12.4. The predicted octanol–water partition coefficient (Wildman–Crippen LogP) is 8.23. The van der Waals surface area contributed by atoms with Gasteiger partial charge in [-0.1, -0.05) is 127 Å². The molecule has 4 unspecified atom stereocenters. The van der Waals surface area contributed by atoms with Crippen LogP contribution in [0.1, 0.15) is 162 Å². The van der Waals surface area contributed by atoms with Crippen molar-refractivity contribution >= 4 is 5.91 Å². The summed E-state index contributed by atoms with van der Waals surface area (Å²) in [5.74, 6) is -0.607. The summed E-state index contributed by atoms with van der Waals surface area (Å²) in [6, 6.07) is -1.01. The summed E-state index contributed by atoms with van der Waals surface area (Å²) >= 11 is 0. The lowest BCUT2D eigenvalue weighted by Gasteiger charge is -2.27. The lowest BCUT2D eigenvalue weighted by molar-refractivity contribution is -0.132. The van der Waals surface area contributed by atoms with Crippen LogP contribution in [0.3, 0.4) is 0 Å². The van der Waals surface area contributed by atoms with Crippen LogP contribution in [0.25, 0.3) is 0 Å². The molecule has 0 aromatic carbocycles. The zero-order valence-electron chi connectivity index (χ0n) is 27.9. The van der Waals surface area contributed by atoms with E-state index in [4.69, 9.17) is 0 Å². The molecule has 0 aromatic heterocycles. The predicted molar refractivity (Wildman–Crippen MR) is 182 cm³/mol. The number of hydrogen-bond acceptors (Lipinski definition) is 5. The maximum atomic E-state index is 12.4. The van der Waals surface area contributed by atoms with Gasteiger partial charge >= 0.3 is 0 Å². The standard InChI is InChI=1S/C37H69NO5/c1-3-5-7-9-11-13-14-15-16-17-18-19-20-21-23-25-27-29-31-35(41)37(43)38-33(32-39)36(42)34(40)30-28-26-24-22-12-10-8-6-4-2/h6,8,17-18,22,24,33-36,39-42H,3-5,7,9-16,19-21,23,25-32H2,1-2H3,(H,38,43)/b8-6+,18-17-,24-22+. The first-order valence-corrected chi connectivity index (χ1v) is 17.9. The van der Waals surface area contributed by atoms with Gasteiger partial charge in [-0.05, 0) is 70.6 Å². The lowest BCUT2D eigenvalue weighted by Crippen LogP contribution is -2.53. The first-order valence-electron chi connectivity index (χ1n) is 17.9. The highest BCUT2D eigenvalue weighted by molar-refractivity contribution is 5.80. The second kappa shape index (κ2) is 31.9. The number of carbonyl (C=O) groups is 1. The van der Waals surface area contributed by atoms with Crippen LogP contribution in [0, 0.1) is 0 Å². The third-order valence-electron chi connectivity index (χ3n) is 8.06. The molecule has 0 saturated heterocycles. The Morgan fingerprint density at radius 2 is 1.05 bits per heavy atom. The Hall–Kier alpha value is -1.47. The highest BCUT2D eigenvalue weighted by Gasteiger charge is 2.28. The topological polar surface area (TPSA) is 110 Å². The smallest absolute Gasteiger partial charge is 0.249 e. The normalized spacial score (nSPS) is 15.0. The summed E-state index contributed by atoms with van der Waals surface area (Å²) in [6.45, 7) is 3.87. The third kappa shape index (κ3) is 26.6. The Bertz CT molecular complexity index is 692. The largest absolute Gasteiger partial charge is 0.394 e. The van der Waals surface area contributed by atoms with E-state index in [-0.39, 0.29) is 0 Å². The van der Waals surface area contributed by atoms with Crippen molar-refractivity contribution in [3.05, 3.63) is 36.5 Å². The highest BCUT2D eigenvalue weighted by atomic mass is 16.3. The van der Waals surface area contributed by atoms with Crippen molar-refractivity contribution in [2.75, 3.05) is 6.61 Å². The fourth-order valence-corrected chi connectivity index (χ4v) is 5.18. The van der Waals surface area contributed by atoms with E-state index in [0.717, 1.165) is 57.8 Å².